The molecule has 5 nitrogen and oxygen atoms in total. The van der Waals surface area contributed by atoms with Crippen LogP contribution in [0.15, 0.2) is 0 Å². The van der Waals surface area contributed by atoms with Crippen LogP contribution in [0.1, 0.15) is 24.8 Å². The Morgan fingerprint density at radius 3 is 2.61 bits per heavy atom. The molecule has 2 heterocycles. The van der Waals surface area contributed by atoms with E-state index in [1.54, 1.807) is 11.3 Å². The third-order valence-corrected chi connectivity index (χ3v) is 4.33. The van der Waals surface area contributed by atoms with E-state index in [2.05, 4.69) is 27.0 Å². The summed E-state index contributed by atoms with van der Waals surface area (Å²) in [7, 11) is 2.10. The van der Waals surface area contributed by atoms with Gasteiger partial charge in [0, 0.05) is 25.7 Å². The second kappa shape index (κ2) is 5.95. The summed E-state index contributed by atoms with van der Waals surface area (Å²) < 4.78 is 0. The molecule has 1 aromatic heterocycles. The Balaban J connectivity index is 1.84. The van der Waals surface area contributed by atoms with Crippen molar-refractivity contribution in [1.82, 2.24) is 15.1 Å². The van der Waals surface area contributed by atoms with Crippen LogP contribution >= 0.6 is 11.3 Å². The lowest BCUT2D eigenvalue weighted by molar-refractivity contribution is 0.108. The topological polar surface area (TPSA) is 52.5 Å². The van der Waals surface area contributed by atoms with Gasteiger partial charge in [0.25, 0.3) is 0 Å². The first-order chi connectivity index (χ1) is 8.56. The normalized spacial score (nSPS) is 19.5. The molecule has 18 heavy (non-hydrogen) atoms. The summed E-state index contributed by atoms with van der Waals surface area (Å²) in [4.78, 5) is 4.59. The van der Waals surface area contributed by atoms with Gasteiger partial charge in [0.05, 0.1) is 6.10 Å². The molecule has 1 unspecified atom stereocenters. The maximum Gasteiger partial charge on any atom is 0.208 e. The molecule has 0 spiro atoms. The lowest BCUT2D eigenvalue weighted by Gasteiger charge is -2.36. The summed E-state index contributed by atoms with van der Waals surface area (Å²) in [6.45, 7) is 6.65. The second-order valence-electron chi connectivity index (χ2n) is 5.11. The van der Waals surface area contributed by atoms with Gasteiger partial charge in [-0.2, -0.15) is 0 Å². The fraction of sp³-hybridized carbons (Fsp3) is 0.833. The van der Waals surface area contributed by atoms with Crippen molar-refractivity contribution in [2.45, 2.75) is 38.8 Å². The highest BCUT2D eigenvalue weighted by molar-refractivity contribution is 7.15. The van der Waals surface area contributed by atoms with Gasteiger partial charge in [-0.05, 0) is 33.7 Å². The SMILES string of the molecule is Cc1nnc(N2CCC(N(C)CC(C)O)CC2)s1. The number of piperidine rings is 1. The second-order valence-corrected chi connectivity index (χ2v) is 6.27. The van der Waals surface area contributed by atoms with Crippen molar-refractivity contribution < 1.29 is 5.11 Å². The zero-order valence-electron chi connectivity index (χ0n) is 11.3. The largest absolute Gasteiger partial charge is 0.392 e. The zero-order valence-corrected chi connectivity index (χ0v) is 12.2. The molecule has 1 fully saturated rings. The molecular weight excluding hydrogens is 248 g/mol. The molecule has 0 saturated carbocycles. The van der Waals surface area contributed by atoms with Gasteiger partial charge in [0.15, 0.2) is 0 Å². The average molecular weight is 270 g/mol. The Labute approximate surface area is 112 Å². The molecule has 0 amide bonds. The third kappa shape index (κ3) is 3.40. The van der Waals surface area contributed by atoms with Crippen molar-refractivity contribution in [2.24, 2.45) is 0 Å². The van der Waals surface area contributed by atoms with Gasteiger partial charge in [0.1, 0.15) is 5.01 Å². The Bertz CT molecular complexity index is 374. The highest BCUT2D eigenvalue weighted by atomic mass is 32.1. The zero-order chi connectivity index (χ0) is 13.1. The molecule has 1 aliphatic rings. The number of likely N-dealkylation sites (N-methyl/N-ethyl adjacent to an activating group) is 1. The van der Waals surface area contributed by atoms with E-state index in [-0.39, 0.29) is 6.10 Å². The minimum absolute atomic E-state index is 0.251. The van der Waals surface area contributed by atoms with Crippen LogP contribution < -0.4 is 4.90 Å². The van der Waals surface area contributed by atoms with E-state index in [9.17, 15) is 5.11 Å². The number of aliphatic hydroxyl groups excluding tert-OH is 1. The molecule has 1 saturated heterocycles. The number of anilines is 1. The van der Waals surface area contributed by atoms with Crippen LogP contribution in [0.3, 0.4) is 0 Å². The number of aromatic nitrogens is 2. The van der Waals surface area contributed by atoms with Gasteiger partial charge in [-0.1, -0.05) is 11.3 Å². The van der Waals surface area contributed by atoms with Gasteiger partial charge >= 0.3 is 0 Å². The predicted octanol–water partition coefficient (Wildman–Crippen LogP) is 1.13. The predicted molar refractivity (Wildman–Crippen MR) is 74.2 cm³/mol. The van der Waals surface area contributed by atoms with Gasteiger partial charge in [-0.25, -0.2) is 0 Å². The lowest BCUT2D eigenvalue weighted by Crippen LogP contribution is -2.45. The molecule has 1 N–H and O–H groups in total. The molecule has 102 valence electrons. The minimum atomic E-state index is -0.251. The monoisotopic (exact) mass is 270 g/mol. The van der Waals surface area contributed by atoms with E-state index in [0.717, 1.165) is 42.6 Å². The third-order valence-electron chi connectivity index (χ3n) is 3.43. The first-order valence-electron chi connectivity index (χ1n) is 6.49. The smallest absolute Gasteiger partial charge is 0.208 e. The molecule has 1 aromatic rings. The number of nitrogens with zero attached hydrogens (tertiary/aromatic N) is 4. The van der Waals surface area contributed by atoms with E-state index < -0.39 is 0 Å². The van der Waals surface area contributed by atoms with Gasteiger partial charge in [-0.3, -0.25) is 0 Å². The molecule has 0 aliphatic carbocycles. The molecule has 0 bridgehead atoms. The lowest BCUT2D eigenvalue weighted by atomic mass is 10.0. The van der Waals surface area contributed by atoms with Crippen LogP contribution in [0.5, 0.6) is 0 Å². The fourth-order valence-electron chi connectivity index (χ4n) is 2.48. The first-order valence-corrected chi connectivity index (χ1v) is 7.31. The van der Waals surface area contributed by atoms with Crippen molar-refractivity contribution >= 4 is 16.5 Å². The summed E-state index contributed by atoms with van der Waals surface area (Å²) in [5.41, 5.74) is 0. The minimum Gasteiger partial charge on any atom is -0.392 e. The summed E-state index contributed by atoms with van der Waals surface area (Å²) in [6.07, 6.45) is 2.00. The molecular formula is C12H22N4OS. The average Bonchev–Trinajstić information content (AvgIpc) is 2.75. The fourth-order valence-corrected chi connectivity index (χ4v) is 3.22. The highest BCUT2D eigenvalue weighted by Gasteiger charge is 2.24. The Kier molecular flexibility index (Phi) is 4.53. The van der Waals surface area contributed by atoms with E-state index >= 15 is 0 Å². The Hall–Kier alpha value is -0.720. The Morgan fingerprint density at radius 2 is 2.11 bits per heavy atom. The van der Waals surface area contributed by atoms with Gasteiger partial charge in [0.2, 0.25) is 5.13 Å². The Morgan fingerprint density at radius 1 is 1.44 bits per heavy atom. The van der Waals surface area contributed by atoms with Gasteiger partial charge < -0.3 is 14.9 Å². The molecule has 1 atom stereocenters. The quantitative estimate of drug-likeness (QED) is 0.889. The number of hydrogen-bond donors (Lipinski definition) is 1. The first kappa shape index (κ1) is 13.7. The van der Waals surface area contributed by atoms with Crippen LogP contribution in [-0.4, -0.2) is 59.0 Å². The summed E-state index contributed by atoms with van der Waals surface area (Å²) in [6, 6.07) is 0.574. The molecule has 1 aliphatic heterocycles. The van der Waals surface area contributed by atoms with Crippen LogP contribution in [0.2, 0.25) is 0 Å². The number of aliphatic hydroxyl groups is 1. The van der Waals surface area contributed by atoms with E-state index in [1.807, 2.05) is 13.8 Å². The van der Waals surface area contributed by atoms with Crippen molar-refractivity contribution in [3.63, 3.8) is 0 Å². The van der Waals surface area contributed by atoms with Crippen molar-refractivity contribution in [1.29, 1.82) is 0 Å². The standard InChI is InChI=1S/C12H22N4OS/c1-9(17)8-15(3)11-4-6-16(7-5-11)12-14-13-10(2)18-12/h9,11,17H,4-8H2,1-3H3. The molecule has 6 heteroatoms. The van der Waals surface area contributed by atoms with Crippen LogP contribution in [0, 0.1) is 6.92 Å². The number of aryl methyl sites for hydroxylation is 1. The maximum atomic E-state index is 9.42. The summed E-state index contributed by atoms with van der Waals surface area (Å²) >= 11 is 1.66. The van der Waals surface area contributed by atoms with E-state index in [0.29, 0.717) is 6.04 Å². The van der Waals surface area contributed by atoms with Crippen molar-refractivity contribution in [3.8, 4) is 0 Å². The number of hydrogen-bond acceptors (Lipinski definition) is 6. The summed E-state index contributed by atoms with van der Waals surface area (Å²) in [5, 5.41) is 19.8. The van der Waals surface area contributed by atoms with Crippen molar-refractivity contribution in [3.05, 3.63) is 5.01 Å². The highest BCUT2D eigenvalue weighted by Crippen LogP contribution is 2.24. The van der Waals surface area contributed by atoms with E-state index in [4.69, 9.17) is 0 Å². The van der Waals surface area contributed by atoms with Crippen LogP contribution in [-0.2, 0) is 0 Å². The molecule has 0 radical (unpaired) electrons. The van der Waals surface area contributed by atoms with Crippen LogP contribution in [0.25, 0.3) is 0 Å². The van der Waals surface area contributed by atoms with Crippen LogP contribution in [0.4, 0.5) is 5.13 Å². The molecule has 0 aromatic carbocycles. The summed E-state index contributed by atoms with van der Waals surface area (Å²) in [5.74, 6) is 0. The van der Waals surface area contributed by atoms with Crippen molar-refractivity contribution in [2.75, 3.05) is 31.6 Å². The maximum absolute atomic E-state index is 9.42. The number of rotatable bonds is 4. The van der Waals surface area contributed by atoms with E-state index in [1.165, 1.54) is 0 Å². The van der Waals surface area contributed by atoms with Gasteiger partial charge in [-0.15, -0.1) is 10.2 Å². The molecule has 2 rings (SSSR count).